The molecule has 118 valence electrons. The maximum atomic E-state index is 13.1. The van der Waals surface area contributed by atoms with Crippen LogP contribution in [-0.4, -0.2) is 29.6 Å². The molecule has 2 heterocycles. The van der Waals surface area contributed by atoms with Crippen LogP contribution in [0.5, 0.6) is 0 Å². The fraction of sp³-hybridized carbons (Fsp3) is 0.400. The molecule has 1 saturated heterocycles. The number of nitrogens with zero attached hydrogens (tertiary/aromatic N) is 2. The maximum Gasteiger partial charge on any atom is 0.416 e. The molecule has 3 rings (SSSR count). The minimum atomic E-state index is -4.32. The molecule has 2 aromatic rings. The van der Waals surface area contributed by atoms with Crippen LogP contribution in [0.4, 0.5) is 13.2 Å². The van der Waals surface area contributed by atoms with Crippen LogP contribution in [-0.2, 0) is 17.5 Å². The van der Waals surface area contributed by atoms with E-state index in [1.807, 2.05) is 10.3 Å². The summed E-state index contributed by atoms with van der Waals surface area (Å²) in [5, 5.41) is 2.74. The van der Waals surface area contributed by atoms with Gasteiger partial charge in [0.05, 0.1) is 12.2 Å². The van der Waals surface area contributed by atoms with Gasteiger partial charge in [-0.15, -0.1) is 11.3 Å². The molecule has 1 atom stereocenters. The second-order valence-corrected chi connectivity index (χ2v) is 6.05. The van der Waals surface area contributed by atoms with Crippen molar-refractivity contribution in [2.75, 3.05) is 19.7 Å². The first kappa shape index (κ1) is 15.5. The topological polar surface area (TPSA) is 25.4 Å². The summed E-state index contributed by atoms with van der Waals surface area (Å²) >= 11 is 1.50. The van der Waals surface area contributed by atoms with Crippen LogP contribution in [0.1, 0.15) is 22.2 Å². The second-order valence-electron chi connectivity index (χ2n) is 5.12. The zero-order valence-corrected chi connectivity index (χ0v) is 12.5. The lowest BCUT2D eigenvalue weighted by Gasteiger charge is -2.32. The van der Waals surface area contributed by atoms with E-state index in [1.54, 1.807) is 12.3 Å². The lowest BCUT2D eigenvalue weighted by molar-refractivity contribution is -0.138. The molecule has 22 heavy (non-hydrogen) atoms. The number of alkyl halides is 3. The Labute approximate surface area is 130 Å². The molecule has 1 aromatic heterocycles. The van der Waals surface area contributed by atoms with Gasteiger partial charge in [0.2, 0.25) is 0 Å². The first-order valence-electron chi connectivity index (χ1n) is 6.92. The molecule has 3 nitrogen and oxygen atoms in total. The zero-order chi connectivity index (χ0) is 15.6. The monoisotopic (exact) mass is 328 g/mol. The molecule has 1 aromatic carbocycles. The van der Waals surface area contributed by atoms with Gasteiger partial charge in [0.1, 0.15) is 11.1 Å². The summed E-state index contributed by atoms with van der Waals surface area (Å²) < 4.78 is 44.8. The van der Waals surface area contributed by atoms with Gasteiger partial charge < -0.3 is 4.74 Å². The molecule has 0 N–H and O–H groups in total. The molecule has 0 spiro atoms. The van der Waals surface area contributed by atoms with E-state index in [4.69, 9.17) is 4.74 Å². The van der Waals surface area contributed by atoms with Gasteiger partial charge >= 0.3 is 6.18 Å². The summed E-state index contributed by atoms with van der Waals surface area (Å²) in [6.07, 6.45) is -2.77. The number of halogens is 3. The van der Waals surface area contributed by atoms with Crippen molar-refractivity contribution in [2.24, 2.45) is 0 Å². The fourth-order valence-corrected chi connectivity index (χ4v) is 3.24. The molecular weight excluding hydrogens is 313 g/mol. The van der Waals surface area contributed by atoms with Crippen molar-refractivity contribution in [3.8, 4) is 0 Å². The average molecular weight is 328 g/mol. The molecule has 0 saturated carbocycles. The highest BCUT2D eigenvalue weighted by atomic mass is 32.1. The van der Waals surface area contributed by atoms with E-state index in [0.717, 1.165) is 11.1 Å². The SMILES string of the molecule is FC(F)(F)c1ccccc1CN1CCOC(c2nccs2)C1. The number of morpholine rings is 1. The van der Waals surface area contributed by atoms with Crippen molar-refractivity contribution in [3.05, 3.63) is 52.0 Å². The minimum absolute atomic E-state index is 0.160. The Morgan fingerprint density at radius 2 is 2.14 bits per heavy atom. The van der Waals surface area contributed by atoms with E-state index in [-0.39, 0.29) is 12.6 Å². The highest BCUT2D eigenvalue weighted by Gasteiger charge is 2.34. The number of hydrogen-bond acceptors (Lipinski definition) is 4. The highest BCUT2D eigenvalue weighted by Crippen LogP contribution is 2.33. The van der Waals surface area contributed by atoms with Crippen molar-refractivity contribution in [1.82, 2.24) is 9.88 Å². The van der Waals surface area contributed by atoms with Crippen molar-refractivity contribution in [1.29, 1.82) is 0 Å². The van der Waals surface area contributed by atoms with E-state index < -0.39 is 11.7 Å². The number of thiazole rings is 1. The van der Waals surface area contributed by atoms with Gasteiger partial charge in [-0.05, 0) is 11.6 Å². The number of hydrogen-bond donors (Lipinski definition) is 0. The van der Waals surface area contributed by atoms with Gasteiger partial charge in [-0.3, -0.25) is 4.90 Å². The largest absolute Gasteiger partial charge is 0.416 e. The first-order chi connectivity index (χ1) is 10.5. The Kier molecular flexibility index (Phi) is 4.46. The predicted molar refractivity (Wildman–Crippen MR) is 77.5 cm³/mol. The van der Waals surface area contributed by atoms with Gasteiger partial charge in [0.25, 0.3) is 0 Å². The Bertz CT molecular complexity index is 616. The van der Waals surface area contributed by atoms with Crippen LogP contribution >= 0.6 is 11.3 Å². The normalized spacial score (nSPS) is 20.2. The van der Waals surface area contributed by atoms with Gasteiger partial charge in [-0.2, -0.15) is 13.2 Å². The van der Waals surface area contributed by atoms with Crippen LogP contribution in [0.25, 0.3) is 0 Å². The summed E-state index contributed by atoms with van der Waals surface area (Å²) in [6.45, 7) is 1.94. The van der Waals surface area contributed by atoms with Crippen LogP contribution < -0.4 is 0 Å². The number of aromatic nitrogens is 1. The van der Waals surface area contributed by atoms with E-state index in [9.17, 15) is 13.2 Å². The van der Waals surface area contributed by atoms with Crippen LogP contribution in [0.2, 0.25) is 0 Å². The Morgan fingerprint density at radius 1 is 1.32 bits per heavy atom. The Morgan fingerprint density at radius 3 is 2.86 bits per heavy atom. The van der Waals surface area contributed by atoms with Gasteiger partial charge in [0.15, 0.2) is 0 Å². The second kappa shape index (κ2) is 6.36. The fourth-order valence-electron chi connectivity index (χ4n) is 2.56. The molecule has 0 bridgehead atoms. The molecule has 1 unspecified atom stereocenters. The Balaban J connectivity index is 1.74. The molecule has 7 heteroatoms. The Hall–Kier alpha value is -1.44. The van der Waals surface area contributed by atoms with Crippen molar-refractivity contribution < 1.29 is 17.9 Å². The van der Waals surface area contributed by atoms with Crippen LogP contribution in [0, 0.1) is 0 Å². The van der Waals surface area contributed by atoms with Crippen LogP contribution in [0.3, 0.4) is 0 Å². The molecule has 0 radical (unpaired) electrons. The quantitative estimate of drug-likeness (QED) is 0.858. The third-order valence-electron chi connectivity index (χ3n) is 3.59. The average Bonchev–Trinajstić information content (AvgIpc) is 3.01. The summed E-state index contributed by atoms with van der Waals surface area (Å²) in [6, 6.07) is 5.73. The minimum Gasteiger partial charge on any atom is -0.368 e. The van der Waals surface area contributed by atoms with Crippen molar-refractivity contribution in [3.63, 3.8) is 0 Å². The lowest BCUT2D eigenvalue weighted by atomic mass is 10.1. The predicted octanol–water partition coefficient (Wildman–Crippen LogP) is 3.74. The molecule has 1 aliphatic rings. The van der Waals surface area contributed by atoms with Gasteiger partial charge in [-0.25, -0.2) is 4.98 Å². The summed E-state index contributed by atoms with van der Waals surface area (Å²) in [4.78, 5) is 6.21. The number of ether oxygens (including phenoxy) is 1. The first-order valence-corrected chi connectivity index (χ1v) is 7.80. The van der Waals surface area contributed by atoms with E-state index >= 15 is 0 Å². The highest BCUT2D eigenvalue weighted by molar-refractivity contribution is 7.09. The third-order valence-corrected chi connectivity index (χ3v) is 4.46. The molecule has 1 fully saturated rings. The van der Waals surface area contributed by atoms with E-state index in [0.29, 0.717) is 25.3 Å². The lowest BCUT2D eigenvalue weighted by Crippen LogP contribution is -2.38. The molecule has 0 aliphatic carbocycles. The van der Waals surface area contributed by atoms with Crippen molar-refractivity contribution in [2.45, 2.75) is 18.8 Å². The standard InChI is InChI=1S/C15H15F3N2OS/c16-15(17,18)12-4-2-1-3-11(12)9-20-6-7-21-13(10-20)14-19-5-8-22-14/h1-5,8,13H,6-7,9-10H2. The third kappa shape index (κ3) is 3.48. The summed E-state index contributed by atoms with van der Waals surface area (Å²) in [7, 11) is 0. The molecule has 1 aliphatic heterocycles. The smallest absolute Gasteiger partial charge is 0.368 e. The summed E-state index contributed by atoms with van der Waals surface area (Å²) in [5.74, 6) is 0. The number of rotatable bonds is 3. The maximum absolute atomic E-state index is 13.1. The van der Waals surface area contributed by atoms with Gasteiger partial charge in [0, 0.05) is 31.2 Å². The van der Waals surface area contributed by atoms with Crippen molar-refractivity contribution >= 4 is 11.3 Å². The van der Waals surface area contributed by atoms with Gasteiger partial charge in [-0.1, -0.05) is 18.2 Å². The molecule has 0 amide bonds. The zero-order valence-electron chi connectivity index (χ0n) is 11.7. The van der Waals surface area contributed by atoms with E-state index in [1.165, 1.54) is 23.5 Å². The van der Waals surface area contributed by atoms with Crippen LogP contribution in [0.15, 0.2) is 35.8 Å². The number of benzene rings is 1. The molecular formula is C15H15F3N2OS. The summed E-state index contributed by atoms with van der Waals surface area (Å²) in [5.41, 5.74) is -0.262. The van der Waals surface area contributed by atoms with E-state index in [2.05, 4.69) is 4.98 Å².